The monoisotopic (exact) mass is 328 g/mol. The number of fused-ring (bicyclic) bond motifs is 5. The third kappa shape index (κ3) is 2.00. The van der Waals surface area contributed by atoms with Gasteiger partial charge in [-0.05, 0) is 84.8 Å². The van der Waals surface area contributed by atoms with Gasteiger partial charge in [-0.15, -0.1) is 0 Å². The van der Waals surface area contributed by atoms with Crippen molar-refractivity contribution in [3.8, 4) is 0 Å². The largest absolute Gasteiger partial charge is 0.389 e. The summed E-state index contributed by atoms with van der Waals surface area (Å²) in [5, 5.41) is 9.99. The molecule has 4 aliphatic carbocycles. The van der Waals surface area contributed by atoms with Crippen LogP contribution in [0.5, 0.6) is 0 Å². The Morgan fingerprint density at radius 1 is 1.17 bits per heavy atom. The molecule has 0 spiro atoms. The number of hydrogen-bond donors (Lipinski definition) is 1. The maximum Gasteiger partial charge on any atom is 0.159 e. The van der Waals surface area contributed by atoms with Crippen molar-refractivity contribution >= 4 is 11.6 Å². The highest BCUT2D eigenvalue weighted by Gasteiger charge is 2.59. The Balaban J connectivity index is 1.72. The lowest BCUT2D eigenvalue weighted by Crippen LogP contribution is -2.53. The molecule has 2 fully saturated rings. The van der Waals surface area contributed by atoms with E-state index in [9.17, 15) is 14.7 Å². The predicted octanol–water partition coefficient (Wildman–Crippen LogP) is 3.61. The van der Waals surface area contributed by atoms with Gasteiger partial charge in [-0.1, -0.05) is 19.9 Å². The van der Waals surface area contributed by atoms with Gasteiger partial charge in [-0.25, -0.2) is 0 Å². The summed E-state index contributed by atoms with van der Waals surface area (Å²) in [6.45, 7) is 6.18. The van der Waals surface area contributed by atoms with Crippen LogP contribution in [0, 0.1) is 28.6 Å². The van der Waals surface area contributed by atoms with Crippen molar-refractivity contribution < 1.29 is 14.7 Å². The first kappa shape index (κ1) is 16.3. The topological polar surface area (TPSA) is 54.4 Å². The predicted molar refractivity (Wildman–Crippen MR) is 92.2 cm³/mol. The van der Waals surface area contributed by atoms with E-state index < -0.39 is 6.10 Å². The van der Waals surface area contributed by atoms with E-state index in [2.05, 4.69) is 19.9 Å². The Hall–Kier alpha value is -1.22. The van der Waals surface area contributed by atoms with Crippen molar-refractivity contribution in [1.29, 1.82) is 0 Å². The molecule has 0 bridgehead atoms. The standard InChI is InChI=1S/C21H28O3/c1-12(22)15-4-5-16-14-11-19(24)18-10-13(23)6-8-21(18,3)17(14)7-9-20(15,16)2/h4,10,13-14,16-17,23H,5-9,11H2,1-3H3/t13-,14-,16-,17-,20+,21+/m0/s1. The zero-order valence-corrected chi connectivity index (χ0v) is 15.0. The van der Waals surface area contributed by atoms with Crippen molar-refractivity contribution in [2.75, 3.05) is 0 Å². The van der Waals surface area contributed by atoms with Crippen LogP contribution in [0.1, 0.15) is 59.3 Å². The van der Waals surface area contributed by atoms with Crippen LogP contribution in [0.3, 0.4) is 0 Å². The molecule has 3 nitrogen and oxygen atoms in total. The first-order valence-electron chi connectivity index (χ1n) is 9.42. The molecule has 1 N–H and O–H groups in total. The Morgan fingerprint density at radius 2 is 1.88 bits per heavy atom. The maximum atomic E-state index is 12.9. The SMILES string of the molecule is CC(=O)C1=CC[C@H]2[C@@H]3CC(=O)C4=C[C@@H](O)CC[C@]4(C)[C@H]3CC[C@]12C. The Labute approximate surface area is 144 Å². The maximum absolute atomic E-state index is 12.9. The van der Waals surface area contributed by atoms with E-state index in [-0.39, 0.29) is 22.4 Å². The van der Waals surface area contributed by atoms with Crippen LogP contribution in [0.4, 0.5) is 0 Å². The van der Waals surface area contributed by atoms with Gasteiger partial charge in [0, 0.05) is 6.42 Å². The summed E-state index contributed by atoms with van der Waals surface area (Å²) in [5.41, 5.74) is 1.77. The zero-order chi connectivity index (χ0) is 17.3. The fourth-order valence-corrected chi connectivity index (χ4v) is 6.65. The Kier molecular flexibility index (Phi) is 3.48. The van der Waals surface area contributed by atoms with Gasteiger partial charge in [-0.3, -0.25) is 9.59 Å². The second kappa shape index (κ2) is 5.14. The molecule has 0 aliphatic heterocycles. The number of allylic oxidation sites excluding steroid dienone is 3. The summed E-state index contributed by atoms with van der Waals surface area (Å²) in [5.74, 6) is 1.74. The summed E-state index contributed by atoms with van der Waals surface area (Å²) in [4.78, 5) is 25.0. The highest BCUT2D eigenvalue weighted by Crippen LogP contribution is 2.64. The number of carbonyl (C=O) groups is 2. The van der Waals surface area contributed by atoms with Crippen LogP contribution in [0.15, 0.2) is 23.3 Å². The number of hydrogen-bond acceptors (Lipinski definition) is 3. The molecule has 2 saturated carbocycles. The van der Waals surface area contributed by atoms with E-state index in [0.717, 1.165) is 43.3 Å². The highest BCUT2D eigenvalue weighted by atomic mass is 16.3. The number of Topliss-reactive ketones (excluding diaryl/α,β-unsaturated/α-hetero) is 2. The second-order valence-electron chi connectivity index (χ2n) is 8.97. The minimum Gasteiger partial charge on any atom is -0.389 e. The molecule has 130 valence electrons. The zero-order valence-electron chi connectivity index (χ0n) is 15.0. The van der Waals surface area contributed by atoms with Gasteiger partial charge >= 0.3 is 0 Å². The lowest BCUT2D eigenvalue weighted by atomic mass is 9.46. The molecule has 0 aromatic rings. The third-order valence-corrected chi connectivity index (χ3v) is 7.87. The molecule has 6 atom stereocenters. The van der Waals surface area contributed by atoms with E-state index in [1.165, 1.54) is 0 Å². The smallest absolute Gasteiger partial charge is 0.159 e. The lowest BCUT2D eigenvalue weighted by Gasteiger charge is -2.57. The van der Waals surface area contributed by atoms with E-state index in [0.29, 0.717) is 24.2 Å². The number of aliphatic hydroxyl groups is 1. The average molecular weight is 328 g/mol. The van der Waals surface area contributed by atoms with E-state index in [4.69, 9.17) is 0 Å². The van der Waals surface area contributed by atoms with Crippen LogP contribution >= 0.6 is 0 Å². The van der Waals surface area contributed by atoms with Crippen LogP contribution in [0.25, 0.3) is 0 Å². The molecule has 0 amide bonds. The number of aliphatic hydroxyl groups excluding tert-OH is 1. The molecule has 3 heteroatoms. The van der Waals surface area contributed by atoms with Crippen molar-refractivity contribution in [3.63, 3.8) is 0 Å². The fourth-order valence-electron chi connectivity index (χ4n) is 6.65. The van der Waals surface area contributed by atoms with E-state index in [1.54, 1.807) is 6.92 Å². The van der Waals surface area contributed by atoms with Gasteiger partial charge in [0.15, 0.2) is 11.6 Å². The minimum absolute atomic E-state index is 0.0426. The molecule has 0 radical (unpaired) electrons. The second-order valence-corrected chi connectivity index (χ2v) is 8.97. The molecule has 0 aromatic carbocycles. The average Bonchev–Trinajstić information content (AvgIpc) is 2.87. The molecule has 0 heterocycles. The quantitative estimate of drug-likeness (QED) is 0.800. The number of ketones is 2. The normalized spacial score (nSPS) is 47.2. The van der Waals surface area contributed by atoms with Gasteiger partial charge in [0.1, 0.15) is 0 Å². The molecular weight excluding hydrogens is 300 g/mol. The summed E-state index contributed by atoms with van der Waals surface area (Å²) >= 11 is 0. The van der Waals surface area contributed by atoms with Gasteiger partial charge in [0.25, 0.3) is 0 Å². The van der Waals surface area contributed by atoms with Crippen molar-refractivity contribution in [2.24, 2.45) is 28.6 Å². The van der Waals surface area contributed by atoms with Gasteiger partial charge in [-0.2, -0.15) is 0 Å². The van der Waals surface area contributed by atoms with Crippen LogP contribution in [-0.4, -0.2) is 22.8 Å². The molecule has 4 rings (SSSR count). The third-order valence-electron chi connectivity index (χ3n) is 7.87. The van der Waals surface area contributed by atoms with Crippen molar-refractivity contribution in [2.45, 2.75) is 65.4 Å². The Morgan fingerprint density at radius 3 is 2.58 bits per heavy atom. The number of rotatable bonds is 1. The number of carbonyl (C=O) groups excluding carboxylic acids is 2. The summed E-state index contributed by atoms with van der Waals surface area (Å²) in [7, 11) is 0. The summed E-state index contributed by atoms with van der Waals surface area (Å²) in [6.07, 6.45) is 8.86. The van der Waals surface area contributed by atoms with Gasteiger partial charge in [0.05, 0.1) is 6.10 Å². The van der Waals surface area contributed by atoms with E-state index in [1.807, 2.05) is 6.08 Å². The van der Waals surface area contributed by atoms with Gasteiger partial charge in [0.2, 0.25) is 0 Å². The fraction of sp³-hybridized carbons (Fsp3) is 0.714. The van der Waals surface area contributed by atoms with Crippen molar-refractivity contribution in [3.05, 3.63) is 23.3 Å². The summed E-state index contributed by atoms with van der Waals surface area (Å²) in [6, 6.07) is 0. The molecule has 0 saturated heterocycles. The molecular formula is C21H28O3. The van der Waals surface area contributed by atoms with Crippen molar-refractivity contribution in [1.82, 2.24) is 0 Å². The minimum atomic E-state index is -0.458. The lowest BCUT2D eigenvalue weighted by molar-refractivity contribution is -0.128. The molecule has 0 unspecified atom stereocenters. The van der Waals surface area contributed by atoms with Gasteiger partial charge < -0.3 is 5.11 Å². The van der Waals surface area contributed by atoms with Crippen LogP contribution in [-0.2, 0) is 9.59 Å². The molecule has 24 heavy (non-hydrogen) atoms. The molecule has 0 aromatic heterocycles. The van der Waals surface area contributed by atoms with Crippen LogP contribution in [0.2, 0.25) is 0 Å². The highest BCUT2D eigenvalue weighted by molar-refractivity contribution is 5.98. The Bertz CT molecular complexity index is 673. The van der Waals surface area contributed by atoms with E-state index >= 15 is 0 Å². The summed E-state index contributed by atoms with van der Waals surface area (Å²) < 4.78 is 0. The first-order valence-corrected chi connectivity index (χ1v) is 9.42. The molecule has 4 aliphatic rings. The first-order chi connectivity index (χ1) is 11.3. The van der Waals surface area contributed by atoms with Crippen LogP contribution < -0.4 is 0 Å².